The highest BCUT2D eigenvalue weighted by Crippen LogP contribution is 2.64. The zero-order valence-electron chi connectivity index (χ0n) is 10.6. The van der Waals surface area contributed by atoms with E-state index < -0.39 is 23.7 Å². The lowest BCUT2D eigenvalue weighted by atomic mass is 10.0. The van der Waals surface area contributed by atoms with Crippen LogP contribution in [0.2, 0.25) is 0 Å². The lowest BCUT2D eigenvalue weighted by Crippen LogP contribution is -2.26. The molecule has 1 aromatic carbocycles. The van der Waals surface area contributed by atoms with Crippen molar-refractivity contribution in [3.8, 4) is 5.75 Å². The van der Waals surface area contributed by atoms with Crippen LogP contribution in [0.15, 0.2) is 22.7 Å². The topological polar surface area (TPSA) is 49.4 Å². The van der Waals surface area contributed by atoms with Crippen molar-refractivity contribution in [2.45, 2.75) is 26.1 Å². The molecule has 3 nitrogen and oxygen atoms in total. The third kappa shape index (κ3) is 2.77. The summed E-state index contributed by atoms with van der Waals surface area (Å²) in [6.07, 6.45) is -4.77. The van der Waals surface area contributed by atoms with E-state index in [1.165, 1.54) is 18.2 Å². The Labute approximate surface area is 121 Å². The molecule has 1 fully saturated rings. The van der Waals surface area contributed by atoms with Gasteiger partial charge in [-0.3, -0.25) is 0 Å². The van der Waals surface area contributed by atoms with Crippen LogP contribution in [0.25, 0.3) is 0 Å². The molecule has 0 amide bonds. The SMILES string of the molecule is CC1(C)C(C(=O)[O-])C1c1ccc(OC(F)(F)F)c(Br)c1. The van der Waals surface area contributed by atoms with Crippen molar-refractivity contribution in [2.75, 3.05) is 0 Å². The number of hydrogen-bond acceptors (Lipinski definition) is 3. The van der Waals surface area contributed by atoms with E-state index in [-0.39, 0.29) is 16.1 Å². The van der Waals surface area contributed by atoms with Crippen molar-refractivity contribution in [3.63, 3.8) is 0 Å². The van der Waals surface area contributed by atoms with Crippen molar-refractivity contribution in [3.05, 3.63) is 28.2 Å². The summed E-state index contributed by atoms with van der Waals surface area (Å²) in [5.41, 5.74) is 0.176. The van der Waals surface area contributed by atoms with Gasteiger partial charge in [0.1, 0.15) is 5.75 Å². The van der Waals surface area contributed by atoms with Crippen molar-refractivity contribution < 1.29 is 27.8 Å². The van der Waals surface area contributed by atoms with Crippen LogP contribution in [0.5, 0.6) is 5.75 Å². The molecular weight excluding hydrogens is 341 g/mol. The Kier molecular flexibility index (Phi) is 3.52. The van der Waals surface area contributed by atoms with Crippen LogP contribution < -0.4 is 9.84 Å². The lowest BCUT2D eigenvalue weighted by molar-refractivity contribution is -0.308. The summed E-state index contributed by atoms with van der Waals surface area (Å²) < 4.78 is 40.4. The number of carbonyl (C=O) groups is 1. The predicted octanol–water partition coefficient (Wildman–Crippen LogP) is 2.84. The molecule has 1 aliphatic carbocycles. The van der Waals surface area contributed by atoms with Crippen LogP contribution in [-0.4, -0.2) is 12.3 Å². The smallest absolute Gasteiger partial charge is 0.550 e. The number of halogens is 4. The van der Waals surface area contributed by atoms with Gasteiger partial charge in [0.05, 0.1) is 4.47 Å². The molecule has 1 saturated carbocycles. The minimum absolute atomic E-state index is 0.132. The summed E-state index contributed by atoms with van der Waals surface area (Å²) in [6, 6.07) is 4.07. The Morgan fingerprint density at radius 3 is 2.40 bits per heavy atom. The molecule has 0 aliphatic heterocycles. The number of aliphatic carboxylic acids is 1. The first-order chi connectivity index (χ1) is 9.04. The molecule has 0 spiro atoms. The molecule has 0 aromatic heterocycles. The molecule has 0 heterocycles. The molecular formula is C13H11BrF3O3-. The van der Waals surface area contributed by atoms with Crippen LogP contribution >= 0.6 is 15.9 Å². The molecule has 2 unspecified atom stereocenters. The van der Waals surface area contributed by atoms with E-state index in [0.29, 0.717) is 5.56 Å². The molecule has 0 N–H and O–H groups in total. The molecule has 7 heteroatoms. The second-order valence-electron chi connectivity index (χ2n) is 5.33. The van der Waals surface area contributed by atoms with Gasteiger partial charge in [-0.2, -0.15) is 0 Å². The zero-order chi connectivity index (χ0) is 15.3. The Balaban J connectivity index is 2.25. The highest BCUT2D eigenvalue weighted by molar-refractivity contribution is 9.10. The van der Waals surface area contributed by atoms with E-state index in [1.54, 1.807) is 13.8 Å². The molecule has 2 atom stereocenters. The lowest BCUT2D eigenvalue weighted by Gasteiger charge is -2.12. The number of alkyl halides is 3. The Hall–Kier alpha value is -1.24. The van der Waals surface area contributed by atoms with Crippen LogP contribution in [-0.2, 0) is 4.79 Å². The van der Waals surface area contributed by atoms with Gasteiger partial charge in [0.15, 0.2) is 0 Å². The van der Waals surface area contributed by atoms with E-state index in [1.807, 2.05) is 0 Å². The maximum absolute atomic E-state index is 12.2. The van der Waals surface area contributed by atoms with Crippen molar-refractivity contribution in [1.29, 1.82) is 0 Å². The summed E-state index contributed by atoms with van der Waals surface area (Å²) >= 11 is 3.00. The number of rotatable bonds is 3. The normalized spacial score (nSPS) is 24.3. The van der Waals surface area contributed by atoms with E-state index in [0.717, 1.165) is 0 Å². The van der Waals surface area contributed by atoms with E-state index in [4.69, 9.17) is 0 Å². The van der Waals surface area contributed by atoms with Crippen LogP contribution in [0.1, 0.15) is 25.3 Å². The summed E-state index contributed by atoms with van der Waals surface area (Å²) in [4.78, 5) is 11.0. The van der Waals surface area contributed by atoms with Crippen LogP contribution in [0.4, 0.5) is 13.2 Å². The minimum Gasteiger partial charge on any atom is -0.550 e. The largest absolute Gasteiger partial charge is 0.573 e. The van der Waals surface area contributed by atoms with Gasteiger partial charge in [0.2, 0.25) is 0 Å². The maximum atomic E-state index is 12.2. The quantitative estimate of drug-likeness (QED) is 0.841. The second kappa shape index (κ2) is 4.65. The standard InChI is InChI=1S/C13H12BrF3O3/c1-12(2)9(10(12)11(18)19)6-3-4-8(7(14)5-6)20-13(15,16)17/h3-5,9-10H,1-2H3,(H,18,19)/p-1. The van der Waals surface area contributed by atoms with Crippen LogP contribution in [0, 0.1) is 11.3 Å². The fraction of sp³-hybridized carbons (Fsp3) is 0.462. The Morgan fingerprint density at radius 1 is 1.40 bits per heavy atom. The van der Waals surface area contributed by atoms with E-state index in [2.05, 4.69) is 20.7 Å². The predicted molar refractivity (Wildman–Crippen MR) is 65.8 cm³/mol. The summed E-state index contributed by atoms with van der Waals surface area (Å²) in [6.45, 7) is 3.57. The average molecular weight is 352 g/mol. The second-order valence-corrected chi connectivity index (χ2v) is 6.19. The van der Waals surface area contributed by atoms with Gasteiger partial charge in [-0.25, -0.2) is 0 Å². The first-order valence-electron chi connectivity index (χ1n) is 5.80. The first kappa shape index (κ1) is 15.2. The van der Waals surface area contributed by atoms with Gasteiger partial charge >= 0.3 is 6.36 Å². The Bertz CT molecular complexity index is 554. The highest BCUT2D eigenvalue weighted by atomic mass is 79.9. The maximum Gasteiger partial charge on any atom is 0.573 e. The third-order valence-corrected chi connectivity index (χ3v) is 4.24. The molecule has 110 valence electrons. The number of carboxylic acid groups (broad SMARTS) is 1. The van der Waals surface area contributed by atoms with Crippen molar-refractivity contribution in [1.82, 2.24) is 0 Å². The number of carboxylic acids is 1. The minimum atomic E-state index is -4.77. The van der Waals surface area contributed by atoms with E-state index >= 15 is 0 Å². The van der Waals surface area contributed by atoms with Gasteiger partial charge in [-0.05, 0) is 45.0 Å². The molecule has 20 heavy (non-hydrogen) atoms. The summed E-state index contributed by atoms with van der Waals surface area (Å²) in [7, 11) is 0. The zero-order valence-corrected chi connectivity index (χ0v) is 12.2. The summed E-state index contributed by atoms with van der Waals surface area (Å²) in [5, 5.41) is 11.0. The number of ether oxygens (including phenoxy) is 1. The number of carbonyl (C=O) groups excluding carboxylic acids is 1. The van der Waals surface area contributed by atoms with Gasteiger partial charge in [-0.15, -0.1) is 13.2 Å². The van der Waals surface area contributed by atoms with Gasteiger partial charge in [-0.1, -0.05) is 19.9 Å². The molecule has 0 radical (unpaired) electrons. The summed E-state index contributed by atoms with van der Waals surface area (Å²) in [5.74, 6) is -2.41. The first-order valence-corrected chi connectivity index (χ1v) is 6.59. The van der Waals surface area contributed by atoms with Crippen LogP contribution in [0.3, 0.4) is 0 Å². The van der Waals surface area contributed by atoms with Gasteiger partial charge in [0, 0.05) is 11.9 Å². The Morgan fingerprint density at radius 2 is 2.00 bits per heavy atom. The van der Waals surface area contributed by atoms with E-state index in [9.17, 15) is 23.1 Å². The molecule has 2 rings (SSSR count). The van der Waals surface area contributed by atoms with Gasteiger partial charge < -0.3 is 14.6 Å². The fourth-order valence-corrected chi connectivity index (χ4v) is 3.10. The fourth-order valence-electron chi connectivity index (χ4n) is 2.62. The van der Waals surface area contributed by atoms with Crippen molar-refractivity contribution >= 4 is 21.9 Å². The monoisotopic (exact) mass is 351 g/mol. The number of benzene rings is 1. The molecule has 0 saturated heterocycles. The highest BCUT2D eigenvalue weighted by Gasteiger charge is 2.59. The third-order valence-electron chi connectivity index (χ3n) is 3.62. The van der Waals surface area contributed by atoms with Crippen molar-refractivity contribution in [2.24, 2.45) is 11.3 Å². The molecule has 0 bridgehead atoms. The molecule has 1 aliphatic rings. The average Bonchev–Trinajstić information content (AvgIpc) is 2.83. The van der Waals surface area contributed by atoms with Gasteiger partial charge in [0.25, 0.3) is 0 Å². The molecule has 1 aromatic rings. The number of hydrogen-bond donors (Lipinski definition) is 0.